The van der Waals surface area contributed by atoms with Crippen LogP contribution in [0.4, 0.5) is 0 Å². The first-order valence-electron chi connectivity index (χ1n) is 6.80. The van der Waals surface area contributed by atoms with Crippen LogP contribution in [0.2, 0.25) is 0 Å². The third kappa shape index (κ3) is 4.08. The van der Waals surface area contributed by atoms with Gasteiger partial charge in [0.15, 0.2) is 5.94 Å². The summed E-state index contributed by atoms with van der Waals surface area (Å²) in [7, 11) is -3.44. The summed E-state index contributed by atoms with van der Waals surface area (Å²) in [6.07, 6.45) is 0. The van der Waals surface area contributed by atoms with Crippen molar-refractivity contribution in [1.82, 2.24) is 0 Å². The highest BCUT2D eigenvalue weighted by atomic mass is 32.2. The zero-order valence-electron chi connectivity index (χ0n) is 12.5. The van der Waals surface area contributed by atoms with Crippen LogP contribution in [0.5, 0.6) is 5.75 Å². The zero-order valence-corrected chi connectivity index (χ0v) is 13.4. The minimum atomic E-state index is -3.44. The molecule has 0 fully saturated rings. The number of para-hydroxylation sites is 1. The minimum absolute atomic E-state index is 0.00281. The summed E-state index contributed by atoms with van der Waals surface area (Å²) < 4.78 is 29.8. The van der Waals surface area contributed by atoms with Gasteiger partial charge < -0.3 is 4.74 Å². The van der Waals surface area contributed by atoms with Crippen molar-refractivity contribution in [2.75, 3.05) is 5.94 Å². The van der Waals surface area contributed by atoms with Crippen molar-refractivity contribution in [3.63, 3.8) is 0 Å². The fourth-order valence-corrected chi connectivity index (χ4v) is 2.87. The van der Waals surface area contributed by atoms with E-state index in [0.29, 0.717) is 5.75 Å². The Morgan fingerprint density at radius 3 is 2.00 bits per heavy atom. The largest absolute Gasteiger partial charge is 0.477 e. The van der Waals surface area contributed by atoms with E-state index in [9.17, 15) is 8.42 Å². The van der Waals surface area contributed by atoms with E-state index in [2.05, 4.69) is 20.8 Å². The average Bonchev–Trinajstić information content (AvgIpc) is 2.46. The van der Waals surface area contributed by atoms with E-state index >= 15 is 0 Å². The molecule has 0 N–H and O–H groups in total. The SMILES string of the molecule is CC(C)(C)c1ccc(S(=O)(=O)COc2ccccc2)cc1. The van der Waals surface area contributed by atoms with Gasteiger partial charge in [-0.2, -0.15) is 0 Å². The quantitative estimate of drug-likeness (QED) is 0.863. The van der Waals surface area contributed by atoms with E-state index < -0.39 is 9.84 Å². The van der Waals surface area contributed by atoms with Gasteiger partial charge in [0.2, 0.25) is 9.84 Å². The van der Waals surface area contributed by atoms with E-state index in [1.807, 2.05) is 18.2 Å². The Labute approximate surface area is 126 Å². The van der Waals surface area contributed by atoms with Crippen molar-refractivity contribution in [3.8, 4) is 5.75 Å². The Kier molecular flexibility index (Phi) is 4.37. The third-order valence-corrected chi connectivity index (χ3v) is 4.62. The minimum Gasteiger partial charge on any atom is -0.477 e. The molecule has 3 nitrogen and oxygen atoms in total. The predicted molar refractivity (Wildman–Crippen MR) is 84.3 cm³/mol. The molecule has 2 rings (SSSR count). The second-order valence-electron chi connectivity index (χ2n) is 5.96. The summed E-state index contributed by atoms with van der Waals surface area (Å²) in [5.74, 6) is 0.193. The molecule has 0 atom stereocenters. The lowest BCUT2D eigenvalue weighted by atomic mass is 9.87. The van der Waals surface area contributed by atoms with Crippen LogP contribution >= 0.6 is 0 Å². The molecule has 0 bridgehead atoms. The predicted octanol–water partition coefficient (Wildman–Crippen LogP) is 3.79. The summed E-state index contributed by atoms with van der Waals surface area (Å²) in [5, 5.41) is 0. The number of rotatable bonds is 4. The molecule has 2 aromatic rings. The van der Waals surface area contributed by atoms with E-state index in [0.717, 1.165) is 5.56 Å². The van der Waals surface area contributed by atoms with Crippen molar-refractivity contribution in [1.29, 1.82) is 0 Å². The average molecular weight is 304 g/mol. The van der Waals surface area contributed by atoms with Gasteiger partial charge in [0.25, 0.3) is 0 Å². The lowest BCUT2D eigenvalue weighted by Crippen LogP contribution is -2.14. The second-order valence-corrected chi connectivity index (χ2v) is 7.90. The molecular weight excluding hydrogens is 284 g/mol. The van der Waals surface area contributed by atoms with Crippen molar-refractivity contribution in [2.24, 2.45) is 0 Å². The van der Waals surface area contributed by atoms with Gasteiger partial charge >= 0.3 is 0 Å². The van der Waals surface area contributed by atoms with Crippen LogP contribution in [-0.4, -0.2) is 14.4 Å². The van der Waals surface area contributed by atoms with Gasteiger partial charge in [-0.1, -0.05) is 51.1 Å². The molecule has 0 aliphatic heterocycles. The van der Waals surface area contributed by atoms with Gasteiger partial charge in [0, 0.05) is 0 Å². The van der Waals surface area contributed by atoms with Crippen LogP contribution in [0.15, 0.2) is 59.5 Å². The maximum Gasteiger partial charge on any atom is 0.213 e. The first kappa shape index (κ1) is 15.6. The number of benzene rings is 2. The summed E-state index contributed by atoms with van der Waals surface area (Å²) in [6, 6.07) is 15.9. The molecule has 4 heteroatoms. The first-order chi connectivity index (χ1) is 9.79. The van der Waals surface area contributed by atoms with Gasteiger partial charge in [-0.05, 0) is 35.2 Å². The highest BCUT2D eigenvalue weighted by Gasteiger charge is 2.18. The number of hydrogen-bond donors (Lipinski definition) is 0. The van der Waals surface area contributed by atoms with Crippen molar-refractivity contribution < 1.29 is 13.2 Å². The van der Waals surface area contributed by atoms with Crippen LogP contribution in [0.25, 0.3) is 0 Å². The van der Waals surface area contributed by atoms with Gasteiger partial charge in [-0.3, -0.25) is 0 Å². The fraction of sp³-hybridized carbons (Fsp3) is 0.294. The molecule has 0 heterocycles. The number of ether oxygens (including phenoxy) is 1. The molecule has 0 aliphatic carbocycles. The Bertz CT molecular complexity index is 681. The summed E-state index contributed by atoms with van der Waals surface area (Å²) in [4.78, 5) is 0.284. The fourth-order valence-electron chi connectivity index (χ4n) is 1.89. The van der Waals surface area contributed by atoms with Crippen molar-refractivity contribution in [3.05, 3.63) is 60.2 Å². The summed E-state index contributed by atoms with van der Waals surface area (Å²) in [6.45, 7) is 6.28. The van der Waals surface area contributed by atoms with Crippen LogP contribution in [0.3, 0.4) is 0 Å². The molecule has 0 saturated heterocycles. The van der Waals surface area contributed by atoms with Crippen LogP contribution in [-0.2, 0) is 15.3 Å². The van der Waals surface area contributed by atoms with E-state index in [1.165, 1.54) is 0 Å². The zero-order chi connectivity index (χ0) is 15.5. The molecule has 21 heavy (non-hydrogen) atoms. The van der Waals surface area contributed by atoms with E-state index in [-0.39, 0.29) is 16.2 Å². The topological polar surface area (TPSA) is 43.4 Å². The molecule has 0 aromatic heterocycles. The monoisotopic (exact) mass is 304 g/mol. The van der Waals surface area contributed by atoms with Crippen LogP contribution < -0.4 is 4.74 Å². The van der Waals surface area contributed by atoms with Crippen molar-refractivity contribution >= 4 is 9.84 Å². The Balaban J connectivity index is 2.13. The highest BCUT2D eigenvalue weighted by Crippen LogP contribution is 2.24. The van der Waals surface area contributed by atoms with Gasteiger partial charge in [0.05, 0.1) is 4.90 Å². The number of sulfone groups is 1. The Morgan fingerprint density at radius 1 is 0.905 bits per heavy atom. The molecule has 0 radical (unpaired) electrons. The van der Waals surface area contributed by atoms with Crippen LogP contribution in [0.1, 0.15) is 26.3 Å². The number of hydrogen-bond acceptors (Lipinski definition) is 3. The Morgan fingerprint density at radius 2 is 1.48 bits per heavy atom. The first-order valence-corrected chi connectivity index (χ1v) is 8.45. The molecule has 0 unspecified atom stereocenters. The summed E-state index contributed by atoms with van der Waals surface area (Å²) in [5.41, 5.74) is 1.11. The van der Waals surface area contributed by atoms with Crippen molar-refractivity contribution in [2.45, 2.75) is 31.1 Å². The van der Waals surface area contributed by atoms with E-state index in [1.54, 1.807) is 36.4 Å². The molecule has 112 valence electrons. The summed E-state index contributed by atoms with van der Waals surface area (Å²) >= 11 is 0. The second kappa shape index (κ2) is 5.90. The van der Waals surface area contributed by atoms with Gasteiger partial charge in [-0.15, -0.1) is 0 Å². The maximum absolute atomic E-state index is 12.2. The van der Waals surface area contributed by atoms with Gasteiger partial charge in [0.1, 0.15) is 5.75 Å². The lowest BCUT2D eigenvalue weighted by molar-refractivity contribution is 0.376. The third-order valence-electron chi connectivity index (χ3n) is 3.20. The van der Waals surface area contributed by atoms with Crippen LogP contribution in [0, 0.1) is 0 Å². The van der Waals surface area contributed by atoms with Gasteiger partial charge in [-0.25, -0.2) is 8.42 Å². The standard InChI is InChI=1S/C17H20O3S/c1-17(2,3)14-9-11-16(12-10-14)21(18,19)13-20-15-7-5-4-6-8-15/h4-12H,13H2,1-3H3. The molecular formula is C17H20O3S. The molecule has 0 saturated carbocycles. The lowest BCUT2D eigenvalue weighted by Gasteiger charge is -2.19. The Hall–Kier alpha value is -1.81. The smallest absolute Gasteiger partial charge is 0.213 e. The molecule has 0 aliphatic rings. The maximum atomic E-state index is 12.2. The molecule has 2 aromatic carbocycles. The normalized spacial score (nSPS) is 12.1. The highest BCUT2D eigenvalue weighted by molar-refractivity contribution is 7.91. The van der Waals surface area contributed by atoms with E-state index in [4.69, 9.17) is 4.74 Å². The molecule has 0 spiro atoms. The molecule has 0 amide bonds.